The zero-order valence-corrected chi connectivity index (χ0v) is 14.8. The standard InChI is InChI=1S/C22H18O4/c1-24-14-6-7-15(20(12-14)26-3)16-8-9-17-18(23)10-4-13-5-11-19(25-2)22(16)21(13)17/h4-12H,1-3H3. The monoisotopic (exact) mass is 346 g/mol. The van der Waals surface area contributed by atoms with Crippen LogP contribution in [0.3, 0.4) is 0 Å². The first-order valence-corrected chi connectivity index (χ1v) is 8.26. The molecule has 0 aliphatic heterocycles. The van der Waals surface area contributed by atoms with Gasteiger partial charge < -0.3 is 14.2 Å². The van der Waals surface area contributed by atoms with Crippen LogP contribution in [0, 0.1) is 0 Å². The van der Waals surface area contributed by atoms with Crippen molar-refractivity contribution in [2.24, 2.45) is 0 Å². The molecule has 0 heterocycles. The van der Waals surface area contributed by atoms with Crippen LogP contribution >= 0.6 is 0 Å². The van der Waals surface area contributed by atoms with Crippen molar-refractivity contribution in [1.29, 1.82) is 0 Å². The molecule has 0 spiro atoms. The van der Waals surface area contributed by atoms with Gasteiger partial charge in [-0.3, -0.25) is 4.79 Å². The van der Waals surface area contributed by atoms with Crippen molar-refractivity contribution in [1.82, 2.24) is 0 Å². The van der Waals surface area contributed by atoms with Crippen LogP contribution in [0.15, 0.2) is 48.5 Å². The molecular weight excluding hydrogens is 328 g/mol. The van der Waals surface area contributed by atoms with Crippen molar-refractivity contribution >= 4 is 22.6 Å². The smallest absolute Gasteiger partial charge is 0.186 e. The molecule has 1 aliphatic rings. The topological polar surface area (TPSA) is 44.8 Å². The summed E-state index contributed by atoms with van der Waals surface area (Å²) in [5.41, 5.74) is 3.56. The highest BCUT2D eigenvalue weighted by atomic mass is 16.5. The number of carbonyl (C=O) groups is 1. The molecule has 0 saturated heterocycles. The predicted octanol–water partition coefficient (Wildman–Crippen LogP) is 4.74. The molecule has 0 bridgehead atoms. The van der Waals surface area contributed by atoms with E-state index in [0.717, 1.165) is 39.0 Å². The minimum absolute atomic E-state index is 0.00370. The number of hydrogen-bond acceptors (Lipinski definition) is 4. The van der Waals surface area contributed by atoms with Gasteiger partial charge in [-0.05, 0) is 41.5 Å². The van der Waals surface area contributed by atoms with E-state index in [1.54, 1.807) is 27.4 Å². The fourth-order valence-corrected chi connectivity index (χ4v) is 3.51. The summed E-state index contributed by atoms with van der Waals surface area (Å²) in [5.74, 6) is 2.15. The second kappa shape index (κ2) is 6.23. The Morgan fingerprint density at radius 3 is 2.12 bits per heavy atom. The van der Waals surface area contributed by atoms with Crippen molar-refractivity contribution in [3.63, 3.8) is 0 Å². The van der Waals surface area contributed by atoms with Crippen LogP contribution in [-0.4, -0.2) is 27.1 Å². The van der Waals surface area contributed by atoms with E-state index in [4.69, 9.17) is 14.2 Å². The van der Waals surface area contributed by atoms with Gasteiger partial charge in [0, 0.05) is 28.0 Å². The molecule has 0 radical (unpaired) electrons. The maximum Gasteiger partial charge on any atom is 0.186 e. The molecule has 0 saturated carbocycles. The molecule has 4 heteroatoms. The number of allylic oxidation sites excluding steroid dienone is 1. The van der Waals surface area contributed by atoms with E-state index in [2.05, 4.69) is 0 Å². The summed E-state index contributed by atoms with van der Waals surface area (Å²) >= 11 is 0. The number of hydrogen-bond donors (Lipinski definition) is 0. The number of ether oxygens (including phenoxy) is 3. The second-order valence-electron chi connectivity index (χ2n) is 6.03. The van der Waals surface area contributed by atoms with E-state index < -0.39 is 0 Å². The molecule has 130 valence electrons. The van der Waals surface area contributed by atoms with Gasteiger partial charge in [0.25, 0.3) is 0 Å². The van der Waals surface area contributed by atoms with Crippen LogP contribution < -0.4 is 14.2 Å². The number of rotatable bonds is 4. The average molecular weight is 346 g/mol. The highest BCUT2D eigenvalue weighted by molar-refractivity contribution is 6.23. The van der Waals surface area contributed by atoms with Crippen LogP contribution in [0.25, 0.3) is 28.0 Å². The van der Waals surface area contributed by atoms with Crippen molar-refractivity contribution in [2.45, 2.75) is 0 Å². The van der Waals surface area contributed by atoms with E-state index >= 15 is 0 Å². The quantitative estimate of drug-likeness (QED) is 0.684. The molecule has 0 atom stereocenters. The minimum Gasteiger partial charge on any atom is -0.497 e. The summed E-state index contributed by atoms with van der Waals surface area (Å²) in [6.07, 6.45) is 3.46. The van der Waals surface area contributed by atoms with Crippen LogP contribution in [0.1, 0.15) is 15.9 Å². The van der Waals surface area contributed by atoms with Crippen molar-refractivity contribution < 1.29 is 19.0 Å². The zero-order chi connectivity index (χ0) is 18.3. The third-order valence-corrected chi connectivity index (χ3v) is 4.75. The van der Waals surface area contributed by atoms with Gasteiger partial charge in [0.15, 0.2) is 5.78 Å². The molecule has 4 rings (SSSR count). The third-order valence-electron chi connectivity index (χ3n) is 4.75. The molecule has 0 fully saturated rings. The first-order chi connectivity index (χ1) is 12.7. The highest BCUT2D eigenvalue weighted by Gasteiger charge is 2.21. The maximum atomic E-state index is 12.4. The Kier molecular flexibility index (Phi) is 3.88. The fourth-order valence-electron chi connectivity index (χ4n) is 3.51. The lowest BCUT2D eigenvalue weighted by Gasteiger charge is -2.19. The Labute approximate surface area is 151 Å². The number of ketones is 1. The Morgan fingerprint density at radius 1 is 0.654 bits per heavy atom. The Hall–Kier alpha value is -3.27. The molecule has 0 amide bonds. The summed E-state index contributed by atoms with van der Waals surface area (Å²) in [6, 6.07) is 13.4. The van der Waals surface area contributed by atoms with Crippen molar-refractivity contribution in [2.75, 3.05) is 21.3 Å². The Morgan fingerprint density at radius 2 is 1.38 bits per heavy atom. The molecular formula is C22H18O4. The molecule has 0 unspecified atom stereocenters. The van der Waals surface area contributed by atoms with Crippen molar-refractivity contribution in [3.05, 3.63) is 59.7 Å². The lowest BCUT2D eigenvalue weighted by atomic mass is 9.87. The first kappa shape index (κ1) is 16.2. The van der Waals surface area contributed by atoms with Gasteiger partial charge in [-0.2, -0.15) is 0 Å². The fraction of sp³-hybridized carbons (Fsp3) is 0.136. The molecule has 1 aliphatic carbocycles. The molecule has 4 nitrogen and oxygen atoms in total. The van der Waals surface area contributed by atoms with Gasteiger partial charge in [0.05, 0.1) is 21.3 Å². The summed E-state index contributed by atoms with van der Waals surface area (Å²) in [6.45, 7) is 0. The van der Waals surface area contributed by atoms with E-state index in [9.17, 15) is 4.79 Å². The Bertz CT molecular complexity index is 1060. The van der Waals surface area contributed by atoms with Gasteiger partial charge in [0.2, 0.25) is 0 Å². The first-order valence-electron chi connectivity index (χ1n) is 8.26. The molecule has 3 aromatic carbocycles. The molecule has 0 aromatic heterocycles. The SMILES string of the molecule is COc1ccc(-c2ccc3c4c(ccc(OC)c24)C=CC3=O)c(OC)c1. The largest absolute Gasteiger partial charge is 0.497 e. The lowest BCUT2D eigenvalue weighted by Crippen LogP contribution is -2.03. The zero-order valence-electron chi connectivity index (χ0n) is 14.8. The summed E-state index contributed by atoms with van der Waals surface area (Å²) in [7, 11) is 4.89. The van der Waals surface area contributed by atoms with E-state index in [-0.39, 0.29) is 5.78 Å². The van der Waals surface area contributed by atoms with E-state index in [1.807, 2.05) is 48.5 Å². The second-order valence-corrected chi connectivity index (χ2v) is 6.03. The van der Waals surface area contributed by atoms with Gasteiger partial charge in [-0.1, -0.05) is 18.2 Å². The Balaban J connectivity index is 2.10. The molecule has 3 aromatic rings. The normalized spacial score (nSPS) is 12.3. The van der Waals surface area contributed by atoms with Gasteiger partial charge in [0.1, 0.15) is 17.2 Å². The summed E-state index contributed by atoms with van der Waals surface area (Å²) in [5, 5.41) is 1.82. The van der Waals surface area contributed by atoms with E-state index in [0.29, 0.717) is 11.3 Å². The average Bonchev–Trinajstić information content (AvgIpc) is 2.70. The lowest BCUT2D eigenvalue weighted by molar-refractivity contribution is 0.104. The van der Waals surface area contributed by atoms with Crippen LogP contribution in [0.5, 0.6) is 17.2 Å². The van der Waals surface area contributed by atoms with Crippen molar-refractivity contribution in [3.8, 4) is 28.4 Å². The molecule has 0 N–H and O–H groups in total. The summed E-state index contributed by atoms with van der Waals surface area (Å²) < 4.78 is 16.5. The van der Waals surface area contributed by atoms with Crippen LogP contribution in [0.2, 0.25) is 0 Å². The third kappa shape index (κ3) is 2.34. The van der Waals surface area contributed by atoms with Crippen LogP contribution in [0.4, 0.5) is 0 Å². The van der Waals surface area contributed by atoms with Gasteiger partial charge >= 0.3 is 0 Å². The van der Waals surface area contributed by atoms with Crippen LogP contribution in [-0.2, 0) is 0 Å². The number of methoxy groups -OCH3 is 3. The highest BCUT2D eigenvalue weighted by Crippen LogP contribution is 2.44. The van der Waals surface area contributed by atoms with E-state index in [1.165, 1.54) is 0 Å². The minimum atomic E-state index is 0.00370. The summed E-state index contributed by atoms with van der Waals surface area (Å²) in [4.78, 5) is 12.4. The predicted molar refractivity (Wildman–Crippen MR) is 102 cm³/mol. The number of carbonyl (C=O) groups excluding carboxylic acids is 1. The number of benzene rings is 3. The van der Waals surface area contributed by atoms with Gasteiger partial charge in [-0.25, -0.2) is 0 Å². The maximum absolute atomic E-state index is 12.4. The molecule has 26 heavy (non-hydrogen) atoms. The van der Waals surface area contributed by atoms with Gasteiger partial charge in [-0.15, -0.1) is 0 Å².